The number of aromatic nitrogens is 2. The van der Waals surface area contributed by atoms with Crippen LogP contribution in [0.2, 0.25) is 0 Å². The van der Waals surface area contributed by atoms with E-state index in [0.717, 1.165) is 26.2 Å². The minimum absolute atomic E-state index is 0.130. The molecule has 4 heterocycles. The number of nitrogens with one attached hydrogen (secondary N) is 1. The van der Waals surface area contributed by atoms with Crippen molar-refractivity contribution in [3.05, 3.63) is 70.8 Å². The van der Waals surface area contributed by atoms with Gasteiger partial charge < -0.3 is 19.1 Å². The number of aliphatic hydroxyl groups is 1. The van der Waals surface area contributed by atoms with Gasteiger partial charge in [0.25, 0.3) is 5.56 Å². The predicted octanol–water partition coefficient (Wildman–Crippen LogP) is 0.866. The lowest BCUT2D eigenvalue weighted by Gasteiger charge is -2.40. The number of nitrogens with zero attached hydrogens (tertiary/aromatic N) is 2. The van der Waals surface area contributed by atoms with Crippen molar-refractivity contribution in [1.29, 1.82) is 0 Å². The molecule has 2 aromatic heterocycles. The van der Waals surface area contributed by atoms with Crippen LogP contribution in [0.4, 0.5) is 0 Å². The van der Waals surface area contributed by atoms with Crippen LogP contribution in [0, 0.1) is 5.92 Å². The minimum Gasteiger partial charge on any atom is -0.385 e. The van der Waals surface area contributed by atoms with Crippen molar-refractivity contribution in [2.24, 2.45) is 5.92 Å². The Labute approximate surface area is 158 Å². The molecule has 2 N–H and O–H groups in total. The number of piperidine rings is 1. The maximum Gasteiger partial charge on any atom is 0.250 e. The number of aliphatic hydroxyl groups excluding tert-OH is 1. The van der Waals surface area contributed by atoms with Crippen LogP contribution in [0.15, 0.2) is 59.5 Å². The summed E-state index contributed by atoms with van der Waals surface area (Å²) in [6.07, 6.45) is 2.87. The Morgan fingerprint density at radius 1 is 1.11 bits per heavy atom. The molecule has 0 aliphatic carbocycles. The number of hydrogen-bond donors (Lipinski definition) is 2. The van der Waals surface area contributed by atoms with E-state index in [-0.39, 0.29) is 11.7 Å². The van der Waals surface area contributed by atoms with E-state index >= 15 is 0 Å². The standard InChI is InChI=1S/C22H25N3O2/c26-19(15-24-9-8-17-4-1-2-5-20(17)24)14-23-11-16-10-18(13-23)21-6-3-7-22(27)25(21)12-16/h1-9,16,18-19,26H,10-15H2/p+1/t16-,18+,19-/m0/s1. The molecule has 27 heavy (non-hydrogen) atoms. The van der Waals surface area contributed by atoms with Gasteiger partial charge in [-0.25, -0.2) is 0 Å². The third kappa shape index (κ3) is 3.11. The topological polar surface area (TPSA) is 51.6 Å². The van der Waals surface area contributed by atoms with Crippen molar-refractivity contribution in [2.75, 3.05) is 19.6 Å². The molecule has 0 spiro atoms. The predicted molar refractivity (Wildman–Crippen MR) is 105 cm³/mol. The molecular formula is C22H26N3O2+. The van der Waals surface area contributed by atoms with E-state index in [9.17, 15) is 9.90 Å². The van der Waals surface area contributed by atoms with Gasteiger partial charge in [0.2, 0.25) is 0 Å². The van der Waals surface area contributed by atoms with Crippen molar-refractivity contribution in [1.82, 2.24) is 9.13 Å². The quantitative estimate of drug-likeness (QED) is 0.722. The van der Waals surface area contributed by atoms with Crippen molar-refractivity contribution >= 4 is 10.9 Å². The van der Waals surface area contributed by atoms with Crippen LogP contribution < -0.4 is 10.5 Å². The highest BCUT2D eigenvalue weighted by molar-refractivity contribution is 5.79. The molecule has 1 unspecified atom stereocenters. The Bertz CT molecular complexity index is 1020. The molecule has 0 saturated carbocycles. The van der Waals surface area contributed by atoms with Gasteiger partial charge in [0.1, 0.15) is 12.6 Å². The second kappa shape index (κ2) is 6.66. The molecule has 5 rings (SSSR count). The minimum atomic E-state index is -0.368. The van der Waals surface area contributed by atoms with Crippen LogP contribution in [-0.2, 0) is 13.1 Å². The van der Waals surface area contributed by atoms with E-state index in [0.29, 0.717) is 18.4 Å². The summed E-state index contributed by atoms with van der Waals surface area (Å²) in [7, 11) is 0. The third-order valence-corrected chi connectivity index (χ3v) is 6.28. The molecule has 4 atom stereocenters. The second-order valence-corrected chi connectivity index (χ2v) is 8.24. The normalized spacial score (nSPS) is 25.3. The van der Waals surface area contributed by atoms with Gasteiger partial charge >= 0.3 is 0 Å². The van der Waals surface area contributed by atoms with Crippen LogP contribution >= 0.6 is 0 Å². The van der Waals surface area contributed by atoms with E-state index in [1.165, 1.54) is 27.9 Å². The smallest absolute Gasteiger partial charge is 0.250 e. The summed E-state index contributed by atoms with van der Waals surface area (Å²) in [6.45, 7) is 4.26. The monoisotopic (exact) mass is 364 g/mol. The van der Waals surface area contributed by atoms with Gasteiger partial charge in [-0.1, -0.05) is 24.3 Å². The van der Waals surface area contributed by atoms with Gasteiger partial charge in [0.15, 0.2) is 0 Å². The van der Waals surface area contributed by atoms with Crippen molar-refractivity contribution < 1.29 is 10.0 Å². The summed E-state index contributed by atoms with van der Waals surface area (Å²) >= 11 is 0. The molecule has 2 bridgehead atoms. The molecule has 1 saturated heterocycles. The highest BCUT2D eigenvalue weighted by Gasteiger charge is 2.37. The number of fused-ring (bicyclic) bond motifs is 5. The fourth-order valence-corrected chi connectivity index (χ4v) is 5.21. The first kappa shape index (κ1) is 16.8. The van der Waals surface area contributed by atoms with E-state index in [1.54, 1.807) is 6.07 Å². The Morgan fingerprint density at radius 2 is 2.00 bits per heavy atom. The Hall–Kier alpha value is -2.37. The largest absolute Gasteiger partial charge is 0.385 e. The van der Waals surface area contributed by atoms with Crippen molar-refractivity contribution in [3.8, 4) is 0 Å². The lowest BCUT2D eigenvalue weighted by atomic mass is 9.83. The molecule has 0 radical (unpaired) electrons. The fourth-order valence-electron chi connectivity index (χ4n) is 5.21. The third-order valence-electron chi connectivity index (χ3n) is 6.28. The van der Waals surface area contributed by atoms with Gasteiger partial charge in [-0.05, 0) is 30.0 Å². The van der Waals surface area contributed by atoms with E-state index < -0.39 is 0 Å². The molecule has 1 fully saturated rings. The summed E-state index contributed by atoms with van der Waals surface area (Å²) in [5.74, 6) is 0.965. The van der Waals surface area contributed by atoms with Crippen LogP contribution in [0.3, 0.4) is 0 Å². The highest BCUT2D eigenvalue weighted by Crippen LogP contribution is 2.30. The number of quaternary nitrogens is 1. The van der Waals surface area contributed by atoms with Crippen LogP contribution in [0.1, 0.15) is 18.0 Å². The summed E-state index contributed by atoms with van der Waals surface area (Å²) in [6, 6.07) is 16.1. The van der Waals surface area contributed by atoms with Gasteiger partial charge in [-0.15, -0.1) is 0 Å². The van der Waals surface area contributed by atoms with Crippen LogP contribution in [0.5, 0.6) is 0 Å². The summed E-state index contributed by atoms with van der Waals surface area (Å²) in [5, 5.41) is 12.0. The molecule has 140 valence electrons. The van der Waals surface area contributed by atoms with E-state index in [4.69, 9.17) is 0 Å². The zero-order chi connectivity index (χ0) is 18.4. The lowest BCUT2D eigenvalue weighted by Crippen LogP contribution is -3.15. The molecule has 1 aromatic carbocycles. The molecule has 3 aromatic rings. The van der Waals surface area contributed by atoms with Crippen molar-refractivity contribution in [3.63, 3.8) is 0 Å². The SMILES string of the molecule is O=c1cccc2n1C[C@H]1C[C@@H]2C[NH+](C[C@H](O)Cn2ccc3ccccc32)C1. The van der Waals surface area contributed by atoms with E-state index in [1.807, 2.05) is 22.8 Å². The fraction of sp³-hybridized carbons (Fsp3) is 0.409. The Kier molecular flexibility index (Phi) is 4.14. The number of hydrogen-bond acceptors (Lipinski definition) is 2. The Morgan fingerprint density at radius 3 is 2.93 bits per heavy atom. The molecule has 0 amide bonds. The number of benzene rings is 1. The van der Waals surface area contributed by atoms with Gasteiger partial charge in [-0.2, -0.15) is 0 Å². The maximum absolute atomic E-state index is 12.2. The first-order valence-corrected chi connectivity index (χ1v) is 9.92. The molecule has 2 aliphatic heterocycles. The van der Waals surface area contributed by atoms with Crippen molar-refractivity contribution in [2.45, 2.75) is 31.5 Å². The number of para-hydroxylation sites is 1. The maximum atomic E-state index is 12.2. The summed E-state index contributed by atoms with van der Waals surface area (Å²) in [4.78, 5) is 13.6. The number of rotatable bonds is 4. The average Bonchev–Trinajstić information content (AvgIpc) is 3.05. The van der Waals surface area contributed by atoms with Crippen LogP contribution in [0.25, 0.3) is 10.9 Å². The van der Waals surface area contributed by atoms with Gasteiger partial charge in [0.05, 0.1) is 19.6 Å². The molecule has 5 nitrogen and oxygen atoms in total. The molecule has 5 heteroatoms. The number of pyridine rings is 1. The summed E-state index contributed by atoms with van der Waals surface area (Å²) < 4.78 is 4.12. The lowest BCUT2D eigenvalue weighted by molar-refractivity contribution is -0.914. The number of likely N-dealkylation sites (tertiary alicyclic amines) is 1. The van der Waals surface area contributed by atoms with Gasteiger partial charge in [0, 0.05) is 41.9 Å². The molecular weight excluding hydrogens is 338 g/mol. The second-order valence-electron chi connectivity index (χ2n) is 8.24. The average molecular weight is 364 g/mol. The molecule has 2 aliphatic rings. The highest BCUT2D eigenvalue weighted by atomic mass is 16.3. The zero-order valence-electron chi connectivity index (χ0n) is 15.4. The first-order valence-electron chi connectivity index (χ1n) is 9.92. The van der Waals surface area contributed by atoms with E-state index in [2.05, 4.69) is 35.0 Å². The summed E-state index contributed by atoms with van der Waals surface area (Å²) in [5.41, 5.74) is 2.49. The van der Waals surface area contributed by atoms with Gasteiger partial charge in [-0.3, -0.25) is 4.79 Å². The zero-order valence-corrected chi connectivity index (χ0v) is 15.4. The van der Waals surface area contributed by atoms with Crippen LogP contribution in [-0.4, -0.2) is 40.0 Å². The Balaban J connectivity index is 1.29. The first-order chi connectivity index (χ1) is 13.2.